The Morgan fingerprint density at radius 1 is 0.909 bits per heavy atom. The van der Waals surface area contributed by atoms with Crippen LogP contribution in [0, 0.1) is 0 Å². The van der Waals surface area contributed by atoms with E-state index < -0.39 is 8.07 Å². The van der Waals surface area contributed by atoms with Crippen LogP contribution in [0.1, 0.15) is 57.8 Å². The van der Waals surface area contributed by atoms with Crippen molar-refractivity contribution in [2.45, 2.75) is 49.5 Å². The third-order valence-corrected chi connectivity index (χ3v) is 14.2. The third-order valence-electron chi connectivity index (χ3n) is 7.42. The maximum Gasteiger partial charge on any atom is -1.00 e. The molecule has 3 aromatic rings. The summed E-state index contributed by atoms with van der Waals surface area (Å²) in [5, 5.41) is 6.47. The Balaban J connectivity index is 0.000000190. The molecular weight excluding hydrogens is 559 g/mol. The Kier molecular flexibility index (Phi) is 8.24. The summed E-state index contributed by atoms with van der Waals surface area (Å²) < 4.78 is 0.650. The molecule has 0 fully saturated rings. The Bertz CT molecular complexity index is 1240. The van der Waals surface area contributed by atoms with E-state index in [9.17, 15) is 0 Å². The Morgan fingerprint density at radius 3 is 2.21 bits per heavy atom. The van der Waals surface area contributed by atoms with Crippen LogP contribution in [0.2, 0.25) is 13.1 Å². The van der Waals surface area contributed by atoms with Crippen molar-refractivity contribution in [2.75, 3.05) is 0 Å². The fraction of sp³-hybridized carbons (Fsp3) is 0.286. The molecular formula is C28H29Cl2SSiZr. The molecule has 2 aromatic carbocycles. The van der Waals surface area contributed by atoms with Gasteiger partial charge in [0.1, 0.15) is 0 Å². The van der Waals surface area contributed by atoms with E-state index in [2.05, 4.69) is 93.2 Å². The normalized spacial score (nSPS) is 20.4. The summed E-state index contributed by atoms with van der Waals surface area (Å²) in [6.45, 7) is 11.8. The first-order valence-corrected chi connectivity index (χ1v) is 16.7. The van der Waals surface area contributed by atoms with Crippen molar-refractivity contribution >= 4 is 30.7 Å². The molecule has 3 heterocycles. The molecule has 5 heteroatoms. The van der Waals surface area contributed by atoms with Gasteiger partial charge in [-0.15, -0.1) is 0 Å². The maximum absolute atomic E-state index is 2.50. The van der Waals surface area contributed by atoms with Gasteiger partial charge in [-0.05, 0) is 28.8 Å². The van der Waals surface area contributed by atoms with Crippen molar-refractivity contribution in [1.29, 1.82) is 0 Å². The quantitative estimate of drug-likeness (QED) is 0.404. The molecule has 1 aromatic heterocycles. The second-order valence-electron chi connectivity index (χ2n) is 9.63. The van der Waals surface area contributed by atoms with E-state index in [1.54, 1.807) is 46.6 Å². The van der Waals surface area contributed by atoms with Crippen LogP contribution in [0.3, 0.4) is 0 Å². The molecule has 0 saturated heterocycles. The van der Waals surface area contributed by atoms with Gasteiger partial charge in [0.2, 0.25) is 0 Å². The largest absolute Gasteiger partial charge is 1.00 e. The van der Waals surface area contributed by atoms with E-state index >= 15 is 0 Å². The Hall–Kier alpha value is -0.700. The number of hydrogen-bond acceptors (Lipinski definition) is 1. The van der Waals surface area contributed by atoms with Gasteiger partial charge in [-0.1, -0.05) is 23.9 Å². The van der Waals surface area contributed by atoms with Crippen LogP contribution in [0.5, 0.6) is 0 Å². The van der Waals surface area contributed by atoms with Gasteiger partial charge in [-0.25, -0.2) is 0 Å². The summed E-state index contributed by atoms with van der Waals surface area (Å²) in [5.74, 6) is 0. The van der Waals surface area contributed by atoms with Crippen LogP contribution >= 0.6 is 11.3 Å². The molecule has 2 aliphatic heterocycles. The van der Waals surface area contributed by atoms with Crippen molar-refractivity contribution in [3.63, 3.8) is 0 Å². The first-order valence-electron chi connectivity index (χ1n) is 11.2. The molecule has 2 unspecified atom stereocenters. The molecule has 0 N–H and O–H groups in total. The average Bonchev–Trinajstić information content (AvgIpc) is 3.45. The van der Waals surface area contributed by atoms with Gasteiger partial charge in [0.15, 0.2) is 0 Å². The van der Waals surface area contributed by atoms with E-state index in [4.69, 9.17) is 0 Å². The molecule has 0 nitrogen and oxygen atoms in total. The first-order chi connectivity index (χ1) is 14.8. The number of hydrogen-bond donors (Lipinski definition) is 0. The molecule has 0 saturated carbocycles. The van der Waals surface area contributed by atoms with Gasteiger partial charge >= 0.3 is 131 Å². The Morgan fingerprint density at radius 2 is 1.61 bits per heavy atom. The van der Waals surface area contributed by atoms with Gasteiger partial charge in [0.05, 0.1) is 8.07 Å². The van der Waals surface area contributed by atoms with Crippen LogP contribution in [0.25, 0.3) is 22.4 Å². The summed E-state index contributed by atoms with van der Waals surface area (Å²) >= 11 is 3.45. The summed E-state index contributed by atoms with van der Waals surface area (Å²) in [6, 6.07) is 15.7. The summed E-state index contributed by atoms with van der Waals surface area (Å²) in [4.78, 5) is 0. The molecule has 7 rings (SSSR count). The van der Waals surface area contributed by atoms with Crippen LogP contribution < -0.4 is 24.8 Å². The van der Waals surface area contributed by atoms with Gasteiger partial charge in [-0.2, -0.15) is 11.3 Å². The third kappa shape index (κ3) is 4.27. The number of aryl methyl sites for hydroxylation is 1. The van der Waals surface area contributed by atoms with Crippen LogP contribution in [-0.4, -0.2) is 8.07 Å². The SMILES string of the molecule is CC1=C2c3cscc3C1[Si]2(C)C.CCc1ccc(-c2cccc3c2C=C(C)[CH]3[Zr+2])cc1.[Cl-].[Cl-]. The average molecular weight is 588 g/mol. The molecule has 2 aliphatic carbocycles. The van der Waals surface area contributed by atoms with Crippen molar-refractivity contribution in [1.82, 2.24) is 0 Å². The summed E-state index contributed by atoms with van der Waals surface area (Å²) in [7, 11) is -0.976. The van der Waals surface area contributed by atoms with Gasteiger partial charge in [0.25, 0.3) is 0 Å². The van der Waals surface area contributed by atoms with E-state index in [0.717, 1.165) is 12.0 Å². The zero-order valence-corrected chi connectivity index (χ0v) is 25.6. The number of rotatable bonds is 2. The van der Waals surface area contributed by atoms with Gasteiger partial charge < -0.3 is 24.8 Å². The molecule has 169 valence electrons. The van der Waals surface area contributed by atoms with E-state index in [1.807, 2.05) is 11.3 Å². The molecule has 0 amide bonds. The molecule has 0 radical (unpaired) electrons. The molecule has 4 aliphatic rings. The van der Waals surface area contributed by atoms with Crippen molar-refractivity contribution < 1.29 is 49.5 Å². The van der Waals surface area contributed by atoms with E-state index in [-0.39, 0.29) is 24.8 Å². The van der Waals surface area contributed by atoms with Gasteiger partial charge in [-0.3, -0.25) is 0 Å². The molecule has 33 heavy (non-hydrogen) atoms. The number of fused-ring (bicyclic) bond motifs is 1. The second-order valence-corrected chi connectivity index (χ2v) is 16.3. The van der Waals surface area contributed by atoms with E-state index in [0.29, 0.717) is 3.63 Å². The Labute approximate surface area is 231 Å². The smallest absolute Gasteiger partial charge is 1.00 e. The maximum atomic E-state index is 2.50. The number of benzene rings is 2. The zero-order chi connectivity index (χ0) is 21.9. The predicted octanol–water partition coefficient (Wildman–Crippen LogP) is 2.35. The molecule has 2 bridgehead atoms. The number of halogens is 2. The summed E-state index contributed by atoms with van der Waals surface area (Å²) in [6.07, 6.45) is 3.48. The van der Waals surface area contributed by atoms with E-state index in [1.165, 1.54) is 33.4 Å². The standard InChI is InChI=1S/C18H17.C10H12SSi.2ClH.Zr/c1-3-14-7-9-15(10-8-14)17-6-4-5-16-11-13(2)12-18(16)17;1-6-9-7-4-11-5-8(7)10(6)12(9,2)3;;;/h4-12H,3H2,1-2H3;4-5,9H,1-3H3;2*1H;/q;;;;+2/p-2. The van der Waals surface area contributed by atoms with Crippen LogP contribution in [0.15, 0.2) is 64.4 Å². The fourth-order valence-corrected chi connectivity index (χ4v) is 12.2. The zero-order valence-electron chi connectivity index (χ0n) is 19.8. The van der Waals surface area contributed by atoms with Crippen molar-refractivity contribution in [3.05, 3.63) is 92.2 Å². The fourth-order valence-electron chi connectivity index (χ4n) is 5.90. The number of thiophene rings is 1. The minimum atomic E-state index is -0.976. The minimum Gasteiger partial charge on any atom is -1.00 e. The summed E-state index contributed by atoms with van der Waals surface area (Å²) in [5.41, 5.74) is 14.4. The van der Waals surface area contributed by atoms with Crippen LogP contribution in [0.4, 0.5) is 0 Å². The topological polar surface area (TPSA) is 0 Å². The monoisotopic (exact) mass is 585 g/mol. The van der Waals surface area contributed by atoms with Crippen molar-refractivity contribution in [2.24, 2.45) is 0 Å². The second kappa shape index (κ2) is 10.1. The van der Waals surface area contributed by atoms with Crippen LogP contribution in [-0.2, 0) is 31.1 Å². The predicted molar refractivity (Wildman–Crippen MR) is 135 cm³/mol. The van der Waals surface area contributed by atoms with Crippen molar-refractivity contribution in [3.8, 4) is 11.1 Å². The minimum absolute atomic E-state index is 0. The number of allylic oxidation sites excluding steroid dienone is 2. The molecule has 2 atom stereocenters. The molecule has 0 spiro atoms. The van der Waals surface area contributed by atoms with Gasteiger partial charge in [0, 0.05) is 5.54 Å². The first kappa shape index (κ1) is 26.9.